The van der Waals surface area contributed by atoms with Crippen molar-refractivity contribution in [1.82, 2.24) is 15.3 Å². The minimum absolute atomic E-state index is 0.0959. The first-order valence-electron chi connectivity index (χ1n) is 8.73. The molecule has 2 N–H and O–H groups in total. The highest BCUT2D eigenvalue weighted by molar-refractivity contribution is 5.36. The minimum Gasteiger partial charge on any atom is -0.377 e. The molecule has 0 bridgehead atoms. The summed E-state index contributed by atoms with van der Waals surface area (Å²) in [7, 11) is 0. The van der Waals surface area contributed by atoms with Gasteiger partial charge < -0.3 is 19.9 Å². The van der Waals surface area contributed by atoms with Gasteiger partial charge in [0.15, 0.2) is 5.82 Å². The van der Waals surface area contributed by atoms with Crippen LogP contribution in [-0.2, 0) is 4.74 Å². The van der Waals surface area contributed by atoms with E-state index >= 15 is 0 Å². The van der Waals surface area contributed by atoms with Crippen LogP contribution in [0.1, 0.15) is 33.1 Å². The van der Waals surface area contributed by atoms with Crippen molar-refractivity contribution in [3.05, 3.63) is 22.7 Å². The third kappa shape index (κ3) is 2.48. The fourth-order valence-corrected chi connectivity index (χ4v) is 4.79. The molecule has 2 saturated heterocycles. The summed E-state index contributed by atoms with van der Waals surface area (Å²) < 4.78 is 5.89. The molecule has 1 aromatic rings. The van der Waals surface area contributed by atoms with Crippen LogP contribution in [0.25, 0.3) is 0 Å². The number of aromatic amines is 1. The lowest BCUT2D eigenvalue weighted by Crippen LogP contribution is -2.68. The Morgan fingerprint density at radius 3 is 3.13 bits per heavy atom. The smallest absolute Gasteiger partial charge is 0.290 e. The van der Waals surface area contributed by atoms with Crippen molar-refractivity contribution >= 4 is 5.82 Å². The quantitative estimate of drug-likeness (QED) is 0.875. The first-order valence-corrected chi connectivity index (χ1v) is 8.73. The van der Waals surface area contributed by atoms with Gasteiger partial charge in [0.1, 0.15) is 0 Å². The highest BCUT2D eigenvalue weighted by Crippen LogP contribution is 2.52. The molecule has 23 heavy (non-hydrogen) atoms. The van der Waals surface area contributed by atoms with Crippen molar-refractivity contribution in [3.63, 3.8) is 0 Å². The number of H-pyrrole nitrogens is 1. The molecule has 3 heterocycles. The van der Waals surface area contributed by atoms with Crippen molar-refractivity contribution in [2.24, 2.45) is 11.3 Å². The number of hydrogen-bond acceptors (Lipinski definition) is 5. The van der Waals surface area contributed by atoms with Gasteiger partial charge in [0.05, 0.1) is 6.10 Å². The average molecular weight is 318 g/mol. The molecule has 3 fully saturated rings. The predicted molar refractivity (Wildman–Crippen MR) is 88.6 cm³/mol. The summed E-state index contributed by atoms with van der Waals surface area (Å²) in [6.45, 7) is 7.27. The average Bonchev–Trinajstić information content (AvgIpc) is 3.00. The molecule has 3 aliphatic rings. The maximum Gasteiger partial charge on any atom is 0.290 e. The van der Waals surface area contributed by atoms with E-state index < -0.39 is 0 Å². The molecule has 4 atom stereocenters. The van der Waals surface area contributed by atoms with Crippen molar-refractivity contribution in [1.29, 1.82) is 0 Å². The summed E-state index contributed by atoms with van der Waals surface area (Å²) in [4.78, 5) is 21.1. The van der Waals surface area contributed by atoms with E-state index in [0.29, 0.717) is 29.9 Å². The van der Waals surface area contributed by atoms with Gasteiger partial charge in [-0.3, -0.25) is 4.79 Å². The van der Waals surface area contributed by atoms with Gasteiger partial charge in [-0.15, -0.1) is 0 Å². The van der Waals surface area contributed by atoms with E-state index in [1.807, 2.05) is 0 Å². The Morgan fingerprint density at radius 2 is 2.30 bits per heavy atom. The van der Waals surface area contributed by atoms with Gasteiger partial charge in [-0.2, -0.15) is 0 Å². The molecular weight excluding hydrogens is 292 g/mol. The van der Waals surface area contributed by atoms with Crippen LogP contribution in [0.15, 0.2) is 17.2 Å². The number of nitrogens with zero attached hydrogens (tertiary/aromatic N) is 2. The molecule has 0 radical (unpaired) electrons. The largest absolute Gasteiger partial charge is 0.377 e. The maximum absolute atomic E-state index is 12.0. The molecule has 6 heteroatoms. The Bertz CT molecular complexity index is 629. The van der Waals surface area contributed by atoms with Gasteiger partial charge in [0.2, 0.25) is 0 Å². The second kappa shape index (κ2) is 5.60. The Labute approximate surface area is 136 Å². The van der Waals surface area contributed by atoms with Crippen LogP contribution in [0.5, 0.6) is 0 Å². The maximum atomic E-state index is 12.0. The lowest BCUT2D eigenvalue weighted by molar-refractivity contribution is -0.115. The van der Waals surface area contributed by atoms with Crippen LogP contribution >= 0.6 is 0 Å². The molecule has 0 spiro atoms. The van der Waals surface area contributed by atoms with Gasteiger partial charge in [0, 0.05) is 55.5 Å². The van der Waals surface area contributed by atoms with Crippen LogP contribution in [0.4, 0.5) is 5.82 Å². The first-order chi connectivity index (χ1) is 11.1. The van der Waals surface area contributed by atoms with E-state index in [2.05, 4.69) is 34.0 Å². The summed E-state index contributed by atoms with van der Waals surface area (Å²) in [6.07, 6.45) is 7.07. The summed E-state index contributed by atoms with van der Waals surface area (Å²) >= 11 is 0. The van der Waals surface area contributed by atoms with E-state index in [0.717, 1.165) is 32.5 Å². The number of ether oxygens (including phenoxy) is 1. The lowest BCUT2D eigenvalue weighted by Gasteiger charge is -2.56. The number of piperidine rings is 1. The fourth-order valence-electron chi connectivity index (χ4n) is 4.79. The second-order valence-electron chi connectivity index (χ2n) is 7.74. The molecule has 0 amide bonds. The minimum atomic E-state index is -0.0959. The van der Waals surface area contributed by atoms with Gasteiger partial charge in [-0.25, -0.2) is 4.98 Å². The summed E-state index contributed by atoms with van der Waals surface area (Å²) in [5.41, 5.74) is 0.104. The van der Waals surface area contributed by atoms with E-state index in [1.165, 1.54) is 6.42 Å². The topological polar surface area (TPSA) is 70.2 Å². The number of nitrogens with one attached hydrogen (secondary N) is 2. The van der Waals surface area contributed by atoms with Crippen molar-refractivity contribution in [3.8, 4) is 0 Å². The zero-order valence-electron chi connectivity index (χ0n) is 13.9. The third-order valence-electron chi connectivity index (χ3n) is 5.93. The highest BCUT2D eigenvalue weighted by Gasteiger charge is 2.59. The Kier molecular flexibility index (Phi) is 3.69. The number of fused-ring (bicyclic) bond motifs is 1. The number of anilines is 1. The highest BCUT2D eigenvalue weighted by atomic mass is 16.5. The lowest BCUT2D eigenvalue weighted by atomic mass is 9.57. The first kappa shape index (κ1) is 15.1. The predicted octanol–water partition coefficient (Wildman–Crippen LogP) is 1.14. The Hall–Kier alpha value is -1.40. The fraction of sp³-hybridized carbons (Fsp3) is 0.765. The second-order valence-corrected chi connectivity index (χ2v) is 7.74. The number of rotatable bonds is 3. The number of aromatic nitrogens is 2. The molecule has 1 aromatic heterocycles. The summed E-state index contributed by atoms with van der Waals surface area (Å²) in [5, 5.41) is 3.87. The van der Waals surface area contributed by atoms with E-state index in [-0.39, 0.29) is 11.0 Å². The van der Waals surface area contributed by atoms with E-state index in [4.69, 9.17) is 4.74 Å². The molecule has 4 rings (SSSR count). The molecule has 126 valence electrons. The molecule has 4 unspecified atom stereocenters. The van der Waals surface area contributed by atoms with Crippen LogP contribution in [0, 0.1) is 11.3 Å². The van der Waals surface area contributed by atoms with Gasteiger partial charge >= 0.3 is 0 Å². The zero-order valence-corrected chi connectivity index (χ0v) is 13.9. The van der Waals surface area contributed by atoms with Crippen molar-refractivity contribution in [2.45, 2.75) is 51.3 Å². The summed E-state index contributed by atoms with van der Waals surface area (Å²) in [6, 6.07) is 0.929. The van der Waals surface area contributed by atoms with Crippen LogP contribution < -0.4 is 15.8 Å². The van der Waals surface area contributed by atoms with E-state index in [1.54, 1.807) is 12.4 Å². The summed E-state index contributed by atoms with van der Waals surface area (Å²) in [5.74, 6) is 1.20. The molecule has 1 aliphatic carbocycles. The van der Waals surface area contributed by atoms with Gasteiger partial charge in [-0.05, 0) is 19.3 Å². The Balaban J connectivity index is 1.44. The van der Waals surface area contributed by atoms with Gasteiger partial charge in [0.25, 0.3) is 5.56 Å². The molecular formula is C17H26N4O2. The molecule has 2 aliphatic heterocycles. The van der Waals surface area contributed by atoms with Crippen LogP contribution in [0.3, 0.4) is 0 Å². The third-order valence-corrected chi connectivity index (χ3v) is 5.93. The van der Waals surface area contributed by atoms with Crippen LogP contribution in [-0.4, -0.2) is 47.9 Å². The number of hydrogen-bond donors (Lipinski definition) is 2. The monoisotopic (exact) mass is 318 g/mol. The van der Waals surface area contributed by atoms with Crippen LogP contribution in [0.2, 0.25) is 0 Å². The standard InChI is InChI=1S/C17H26N4O2/c1-17(2)13(12-5-9-23-14(12)17)20-11-4-3-8-21(10-11)15-16(22)19-7-6-18-15/h6-7,11-14,20H,3-5,8-10H2,1-2H3,(H,19,22). The van der Waals surface area contributed by atoms with E-state index in [9.17, 15) is 4.79 Å². The van der Waals surface area contributed by atoms with Crippen molar-refractivity contribution < 1.29 is 4.74 Å². The Morgan fingerprint density at radius 1 is 1.43 bits per heavy atom. The molecule has 6 nitrogen and oxygen atoms in total. The zero-order chi connectivity index (χ0) is 16.0. The van der Waals surface area contributed by atoms with Gasteiger partial charge in [-0.1, -0.05) is 13.8 Å². The normalized spacial score (nSPS) is 35.7. The van der Waals surface area contributed by atoms with Crippen molar-refractivity contribution in [2.75, 3.05) is 24.6 Å². The SMILES string of the molecule is CC1(C)C(NC2CCCN(c3ncc[nH]c3=O)C2)C2CCOC21. The molecule has 1 saturated carbocycles. The molecule has 0 aromatic carbocycles.